The van der Waals surface area contributed by atoms with E-state index in [4.69, 9.17) is 15.8 Å². The maximum absolute atomic E-state index is 8.86. The molecule has 0 aliphatic heterocycles. The van der Waals surface area contributed by atoms with Crippen molar-refractivity contribution in [2.45, 2.75) is 6.92 Å². The number of rotatable bonds is 2. The Morgan fingerprint density at radius 3 is 2.29 bits per heavy atom. The third kappa shape index (κ3) is 3.08. The van der Waals surface area contributed by atoms with Crippen molar-refractivity contribution in [3.8, 4) is 18.2 Å². The molecular formula is C12H7BrN4. The second kappa shape index (κ2) is 5.70. The minimum absolute atomic E-state index is 0.0447. The summed E-state index contributed by atoms with van der Waals surface area (Å²) in [5, 5.41) is 29.0. The van der Waals surface area contributed by atoms with Crippen LogP contribution in [0.15, 0.2) is 33.9 Å². The number of hydrogen-bond acceptors (Lipinski definition) is 4. The molecule has 1 aromatic carbocycles. The summed E-state index contributed by atoms with van der Waals surface area (Å²) in [6.45, 7) is 1.90. The normalized spacial score (nSPS) is 8.41. The van der Waals surface area contributed by atoms with E-state index in [1.165, 1.54) is 0 Å². The Balaban J connectivity index is 3.11. The van der Waals surface area contributed by atoms with Gasteiger partial charge in [-0.15, -0.1) is 0 Å². The summed E-state index contributed by atoms with van der Waals surface area (Å²) >= 11 is 3.36. The van der Waals surface area contributed by atoms with Gasteiger partial charge in [0.15, 0.2) is 5.57 Å². The van der Waals surface area contributed by atoms with Gasteiger partial charge >= 0.3 is 0 Å². The highest BCUT2D eigenvalue weighted by Crippen LogP contribution is 2.21. The zero-order chi connectivity index (χ0) is 12.8. The van der Waals surface area contributed by atoms with Crippen molar-refractivity contribution in [2.24, 2.45) is 0 Å². The molecule has 0 heterocycles. The van der Waals surface area contributed by atoms with E-state index in [1.54, 1.807) is 24.3 Å². The minimum atomic E-state index is -0.229. The first kappa shape index (κ1) is 12.8. The largest absolute Gasteiger partial charge is 0.345 e. The maximum atomic E-state index is 8.86. The fourth-order valence-electron chi connectivity index (χ4n) is 1.15. The summed E-state index contributed by atoms with van der Waals surface area (Å²) in [4.78, 5) is 0. The van der Waals surface area contributed by atoms with Gasteiger partial charge in [0.1, 0.15) is 23.9 Å². The molecule has 1 aromatic rings. The van der Waals surface area contributed by atoms with Crippen LogP contribution in [0.2, 0.25) is 0 Å². The van der Waals surface area contributed by atoms with Crippen LogP contribution >= 0.6 is 15.9 Å². The van der Waals surface area contributed by atoms with Crippen LogP contribution in [-0.4, -0.2) is 0 Å². The Hall–Kier alpha value is -2.29. The number of nitrogens with one attached hydrogen (secondary N) is 1. The highest BCUT2D eigenvalue weighted by molar-refractivity contribution is 9.10. The summed E-state index contributed by atoms with van der Waals surface area (Å²) in [5.41, 5.74) is 1.37. The van der Waals surface area contributed by atoms with Crippen molar-refractivity contribution < 1.29 is 0 Å². The summed E-state index contributed by atoms with van der Waals surface area (Å²) in [5.74, 6) is 0. The van der Waals surface area contributed by atoms with E-state index in [1.807, 2.05) is 19.1 Å². The van der Waals surface area contributed by atoms with Gasteiger partial charge in [0, 0.05) is 10.2 Å². The molecule has 0 amide bonds. The number of anilines is 1. The quantitative estimate of drug-likeness (QED) is 0.847. The monoisotopic (exact) mass is 286 g/mol. The molecular weight excluding hydrogens is 280 g/mol. The van der Waals surface area contributed by atoms with Crippen LogP contribution in [0.4, 0.5) is 5.69 Å². The van der Waals surface area contributed by atoms with Crippen molar-refractivity contribution in [2.75, 3.05) is 5.32 Å². The van der Waals surface area contributed by atoms with Gasteiger partial charge in [0.2, 0.25) is 0 Å². The molecule has 4 nitrogen and oxygen atoms in total. The lowest BCUT2D eigenvalue weighted by Crippen LogP contribution is -2.00. The topological polar surface area (TPSA) is 83.4 Å². The molecule has 0 bridgehead atoms. The first-order valence-corrected chi connectivity index (χ1v) is 5.39. The lowest BCUT2D eigenvalue weighted by Gasteiger charge is -2.06. The average molecular weight is 287 g/mol. The van der Waals surface area contributed by atoms with Gasteiger partial charge in [-0.25, -0.2) is 0 Å². The molecule has 0 unspecified atom stereocenters. The first-order valence-electron chi connectivity index (χ1n) is 4.60. The second-order valence-corrected chi connectivity index (χ2v) is 4.03. The molecule has 82 valence electrons. The zero-order valence-corrected chi connectivity index (χ0v) is 10.5. The predicted molar refractivity (Wildman–Crippen MR) is 66.4 cm³/mol. The van der Waals surface area contributed by atoms with Crippen LogP contribution < -0.4 is 5.32 Å². The third-order valence-electron chi connectivity index (χ3n) is 2.01. The van der Waals surface area contributed by atoms with Crippen LogP contribution in [0, 0.1) is 40.9 Å². The first-order chi connectivity index (χ1) is 8.12. The Bertz CT molecular complexity index is 580. The van der Waals surface area contributed by atoms with E-state index in [9.17, 15) is 0 Å². The molecule has 0 fully saturated rings. The van der Waals surface area contributed by atoms with Crippen LogP contribution in [0.25, 0.3) is 0 Å². The fraction of sp³-hybridized carbons (Fsp3) is 0.0833. The summed E-state index contributed by atoms with van der Waals surface area (Å²) < 4.78 is 0.950. The van der Waals surface area contributed by atoms with E-state index in [2.05, 4.69) is 21.2 Å². The van der Waals surface area contributed by atoms with Crippen LogP contribution in [-0.2, 0) is 0 Å². The van der Waals surface area contributed by atoms with Crippen molar-refractivity contribution in [1.82, 2.24) is 0 Å². The van der Waals surface area contributed by atoms with Crippen molar-refractivity contribution in [1.29, 1.82) is 15.8 Å². The molecule has 5 heteroatoms. The molecule has 0 aromatic heterocycles. The number of aryl methyl sites for hydroxylation is 1. The van der Waals surface area contributed by atoms with Gasteiger partial charge in [0.25, 0.3) is 0 Å². The van der Waals surface area contributed by atoms with Gasteiger partial charge in [-0.3, -0.25) is 0 Å². The van der Waals surface area contributed by atoms with Crippen molar-refractivity contribution >= 4 is 21.6 Å². The summed E-state index contributed by atoms with van der Waals surface area (Å²) in [6, 6.07) is 10.5. The molecule has 17 heavy (non-hydrogen) atoms. The van der Waals surface area contributed by atoms with E-state index in [0.29, 0.717) is 5.69 Å². The lowest BCUT2D eigenvalue weighted by molar-refractivity contribution is 1.35. The Morgan fingerprint density at radius 2 is 1.82 bits per heavy atom. The number of hydrogen-bond donors (Lipinski definition) is 1. The van der Waals surface area contributed by atoms with Gasteiger partial charge in [-0.1, -0.05) is 15.9 Å². The number of nitrogens with zero attached hydrogens (tertiary/aromatic N) is 3. The Kier molecular flexibility index (Phi) is 4.29. The number of nitriles is 3. The van der Waals surface area contributed by atoms with Gasteiger partial charge < -0.3 is 5.32 Å². The minimum Gasteiger partial charge on any atom is -0.345 e. The SMILES string of the molecule is Cc1cc(NC(C#N)=C(C#N)C#N)ccc1Br. The molecule has 0 spiro atoms. The van der Waals surface area contributed by atoms with Gasteiger partial charge in [-0.2, -0.15) is 15.8 Å². The molecule has 0 aliphatic carbocycles. The van der Waals surface area contributed by atoms with Crippen molar-refractivity contribution in [3.05, 3.63) is 39.5 Å². The zero-order valence-electron chi connectivity index (χ0n) is 8.95. The third-order valence-corrected chi connectivity index (χ3v) is 2.90. The highest BCUT2D eigenvalue weighted by Gasteiger charge is 2.06. The fourth-order valence-corrected chi connectivity index (χ4v) is 1.40. The molecule has 0 atom stereocenters. The summed E-state index contributed by atoms with van der Waals surface area (Å²) in [7, 11) is 0. The molecule has 1 rings (SSSR count). The Morgan fingerprint density at radius 1 is 1.18 bits per heavy atom. The van der Waals surface area contributed by atoms with Crippen LogP contribution in [0.3, 0.4) is 0 Å². The van der Waals surface area contributed by atoms with Crippen molar-refractivity contribution in [3.63, 3.8) is 0 Å². The molecule has 0 radical (unpaired) electrons. The molecule has 0 saturated carbocycles. The Labute approximate surface area is 108 Å². The number of allylic oxidation sites excluding steroid dienone is 2. The van der Waals surface area contributed by atoms with E-state index in [-0.39, 0.29) is 11.3 Å². The lowest BCUT2D eigenvalue weighted by atomic mass is 10.2. The summed E-state index contributed by atoms with van der Waals surface area (Å²) in [6.07, 6.45) is 0. The standard InChI is InChI=1S/C12H7BrN4/c1-8-4-10(2-3-11(8)13)17-12(7-16)9(5-14)6-15/h2-4,17H,1H3. The van der Waals surface area contributed by atoms with E-state index in [0.717, 1.165) is 10.0 Å². The van der Waals surface area contributed by atoms with Gasteiger partial charge in [-0.05, 0) is 30.7 Å². The number of halogens is 1. The highest BCUT2D eigenvalue weighted by atomic mass is 79.9. The molecule has 0 aliphatic rings. The number of benzene rings is 1. The smallest absolute Gasteiger partial charge is 0.163 e. The van der Waals surface area contributed by atoms with Crippen LogP contribution in [0.1, 0.15) is 5.56 Å². The van der Waals surface area contributed by atoms with E-state index >= 15 is 0 Å². The second-order valence-electron chi connectivity index (χ2n) is 3.17. The van der Waals surface area contributed by atoms with Gasteiger partial charge in [0.05, 0.1) is 0 Å². The molecule has 1 N–H and O–H groups in total. The predicted octanol–water partition coefficient (Wildman–Crippen LogP) is 2.99. The van der Waals surface area contributed by atoms with Crippen LogP contribution in [0.5, 0.6) is 0 Å². The van der Waals surface area contributed by atoms with E-state index < -0.39 is 0 Å². The maximum Gasteiger partial charge on any atom is 0.163 e. The average Bonchev–Trinajstić information content (AvgIpc) is 2.33. The molecule has 0 saturated heterocycles.